The molecule has 0 saturated carbocycles. The molecule has 116 valence electrons. The first-order valence-electron chi connectivity index (χ1n) is 7.72. The second-order valence-electron chi connectivity index (χ2n) is 9.32. The van der Waals surface area contributed by atoms with Gasteiger partial charge in [-0.15, -0.1) is 5.10 Å². The van der Waals surface area contributed by atoms with Crippen molar-refractivity contribution in [3.63, 3.8) is 0 Å². The Morgan fingerprint density at radius 1 is 1.00 bits per heavy atom. The number of hydrogen-bond donors (Lipinski definition) is 0. The molecule has 20 heavy (non-hydrogen) atoms. The topological polar surface area (TPSA) is 30.7 Å². The molecule has 0 N–H and O–H groups in total. The lowest BCUT2D eigenvalue weighted by Gasteiger charge is -2.30. The Morgan fingerprint density at radius 3 is 2.00 bits per heavy atom. The van der Waals surface area contributed by atoms with Gasteiger partial charge in [0.1, 0.15) is 0 Å². The SMILES string of the molecule is CC(CC(C)(C)C)n1cc(C(C)(C)CC(C)(C)C)nn1. The molecule has 0 bridgehead atoms. The summed E-state index contributed by atoms with van der Waals surface area (Å²) in [6.07, 6.45) is 4.35. The van der Waals surface area contributed by atoms with E-state index in [0.717, 1.165) is 18.5 Å². The maximum atomic E-state index is 4.44. The van der Waals surface area contributed by atoms with Gasteiger partial charge in [-0.2, -0.15) is 0 Å². The summed E-state index contributed by atoms with van der Waals surface area (Å²) in [5.41, 5.74) is 1.78. The molecule has 0 saturated heterocycles. The summed E-state index contributed by atoms with van der Waals surface area (Å²) in [7, 11) is 0. The average molecular weight is 279 g/mol. The fourth-order valence-electron chi connectivity index (χ4n) is 3.20. The van der Waals surface area contributed by atoms with Gasteiger partial charge in [-0.1, -0.05) is 60.6 Å². The van der Waals surface area contributed by atoms with Gasteiger partial charge in [0.05, 0.1) is 11.7 Å². The van der Waals surface area contributed by atoms with Gasteiger partial charge in [0, 0.05) is 11.6 Å². The van der Waals surface area contributed by atoms with Gasteiger partial charge in [-0.05, 0) is 30.6 Å². The largest absolute Gasteiger partial charge is 0.249 e. The Bertz CT molecular complexity index is 430. The fraction of sp³-hybridized carbons (Fsp3) is 0.882. The van der Waals surface area contributed by atoms with Crippen molar-refractivity contribution in [2.24, 2.45) is 10.8 Å². The molecule has 1 heterocycles. The molecular formula is C17H33N3. The number of nitrogens with zero attached hydrogens (tertiary/aromatic N) is 3. The van der Waals surface area contributed by atoms with Gasteiger partial charge in [0.15, 0.2) is 0 Å². The highest BCUT2D eigenvalue weighted by Gasteiger charge is 2.30. The third-order valence-electron chi connectivity index (χ3n) is 3.54. The average Bonchev–Trinajstić information content (AvgIpc) is 2.58. The van der Waals surface area contributed by atoms with Crippen LogP contribution in [-0.4, -0.2) is 15.0 Å². The molecule has 1 rings (SSSR count). The highest BCUT2D eigenvalue weighted by atomic mass is 15.4. The second kappa shape index (κ2) is 5.50. The second-order valence-corrected chi connectivity index (χ2v) is 9.32. The third kappa shape index (κ3) is 5.26. The Labute approximate surface area is 125 Å². The zero-order valence-corrected chi connectivity index (χ0v) is 14.9. The molecule has 0 amide bonds. The van der Waals surface area contributed by atoms with Gasteiger partial charge in [-0.3, -0.25) is 0 Å². The zero-order chi connectivity index (χ0) is 15.8. The molecule has 1 unspecified atom stereocenters. The van der Waals surface area contributed by atoms with Gasteiger partial charge in [0.25, 0.3) is 0 Å². The van der Waals surface area contributed by atoms with Crippen LogP contribution in [0.4, 0.5) is 0 Å². The zero-order valence-electron chi connectivity index (χ0n) is 14.9. The van der Waals surface area contributed by atoms with Crippen LogP contribution >= 0.6 is 0 Å². The predicted octanol–water partition coefficient (Wildman–Crippen LogP) is 4.99. The van der Waals surface area contributed by atoms with Crippen molar-refractivity contribution in [3.8, 4) is 0 Å². The Kier molecular flexibility index (Phi) is 4.72. The Hall–Kier alpha value is -0.860. The van der Waals surface area contributed by atoms with E-state index in [1.807, 2.05) is 4.68 Å². The van der Waals surface area contributed by atoms with Crippen molar-refractivity contribution in [1.29, 1.82) is 0 Å². The van der Waals surface area contributed by atoms with Crippen LogP contribution in [0.15, 0.2) is 6.20 Å². The van der Waals surface area contributed by atoms with Gasteiger partial charge in [0.2, 0.25) is 0 Å². The molecule has 0 aliphatic carbocycles. The Morgan fingerprint density at radius 2 is 1.55 bits per heavy atom. The van der Waals surface area contributed by atoms with Crippen molar-refractivity contribution < 1.29 is 0 Å². The lowest BCUT2D eigenvalue weighted by Crippen LogP contribution is -2.25. The summed E-state index contributed by atoms with van der Waals surface area (Å²) in [5.74, 6) is 0. The molecule has 1 atom stereocenters. The summed E-state index contributed by atoms with van der Waals surface area (Å²) in [6.45, 7) is 20.4. The maximum Gasteiger partial charge on any atom is 0.0883 e. The maximum absolute atomic E-state index is 4.44. The summed E-state index contributed by atoms with van der Waals surface area (Å²) >= 11 is 0. The van der Waals surface area contributed by atoms with Gasteiger partial charge >= 0.3 is 0 Å². The first-order valence-corrected chi connectivity index (χ1v) is 7.72. The summed E-state index contributed by atoms with van der Waals surface area (Å²) in [5, 5.41) is 8.80. The molecule has 0 fully saturated rings. The van der Waals surface area contributed by atoms with Crippen LogP contribution in [0.1, 0.15) is 86.9 Å². The Balaban J connectivity index is 2.86. The van der Waals surface area contributed by atoms with Crippen molar-refractivity contribution in [1.82, 2.24) is 15.0 Å². The lowest BCUT2D eigenvalue weighted by atomic mass is 9.74. The van der Waals surface area contributed by atoms with E-state index >= 15 is 0 Å². The van der Waals surface area contributed by atoms with Crippen LogP contribution in [0.5, 0.6) is 0 Å². The molecule has 1 aromatic rings. The number of hydrogen-bond acceptors (Lipinski definition) is 2. The van der Waals surface area contributed by atoms with E-state index in [4.69, 9.17) is 0 Å². The van der Waals surface area contributed by atoms with E-state index in [2.05, 4.69) is 78.8 Å². The van der Waals surface area contributed by atoms with Crippen LogP contribution in [0.25, 0.3) is 0 Å². The summed E-state index contributed by atoms with van der Waals surface area (Å²) < 4.78 is 2.03. The highest BCUT2D eigenvalue weighted by Crippen LogP contribution is 2.35. The van der Waals surface area contributed by atoms with Crippen molar-refractivity contribution in [3.05, 3.63) is 11.9 Å². The first-order chi connectivity index (χ1) is 8.80. The normalized spacial score (nSPS) is 15.4. The summed E-state index contributed by atoms with van der Waals surface area (Å²) in [6, 6.07) is 0.390. The molecule has 0 aliphatic heterocycles. The van der Waals surface area contributed by atoms with E-state index in [1.165, 1.54) is 0 Å². The van der Waals surface area contributed by atoms with E-state index in [9.17, 15) is 0 Å². The minimum atomic E-state index is 0.0674. The van der Waals surface area contributed by atoms with Crippen LogP contribution < -0.4 is 0 Å². The number of aromatic nitrogens is 3. The smallest absolute Gasteiger partial charge is 0.0883 e. The molecule has 3 heteroatoms. The summed E-state index contributed by atoms with van der Waals surface area (Å²) in [4.78, 5) is 0. The minimum Gasteiger partial charge on any atom is -0.249 e. The van der Waals surface area contributed by atoms with Crippen molar-refractivity contribution in [2.45, 2.75) is 86.6 Å². The molecule has 1 aromatic heterocycles. The van der Waals surface area contributed by atoms with Crippen molar-refractivity contribution >= 4 is 0 Å². The first kappa shape index (κ1) is 17.2. The van der Waals surface area contributed by atoms with Gasteiger partial charge in [-0.25, -0.2) is 4.68 Å². The molecule has 0 aliphatic rings. The fourth-order valence-corrected chi connectivity index (χ4v) is 3.20. The van der Waals surface area contributed by atoms with E-state index in [-0.39, 0.29) is 5.41 Å². The highest BCUT2D eigenvalue weighted by molar-refractivity contribution is 5.10. The quantitative estimate of drug-likeness (QED) is 0.777. The van der Waals surface area contributed by atoms with Gasteiger partial charge < -0.3 is 0 Å². The molecule has 0 aromatic carbocycles. The third-order valence-corrected chi connectivity index (χ3v) is 3.54. The van der Waals surface area contributed by atoms with Crippen LogP contribution in [0.2, 0.25) is 0 Å². The predicted molar refractivity (Wildman–Crippen MR) is 85.9 cm³/mol. The number of rotatable bonds is 4. The standard InChI is InChI=1S/C17H33N3/c1-13(10-15(2,3)4)20-11-14(18-19-20)17(8,9)12-16(5,6)7/h11,13H,10,12H2,1-9H3. The van der Waals surface area contributed by atoms with E-state index in [0.29, 0.717) is 16.9 Å². The molecule has 0 spiro atoms. The van der Waals surface area contributed by atoms with Crippen LogP contribution in [-0.2, 0) is 5.41 Å². The van der Waals surface area contributed by atoms with Crippen LogP contribution in [0.3, 0.4) is 0 Å². The van der Waals surface area contributed by atoms with Crippen LogP contribution in [0, 0.1) is 10.8 Å². The monoisotopic (exact) mass is 279 g/mol. The lowest BCUT2D eigenvalue weighted by molar-refractivity contribution is 0.279. The molecule has 3 nitrogen and oxygen atoms in total. The van der Waals surface area contributed by atoms with E-state index < -0.39 is 0 Å². The van der Waals surface area contributed by atoms with Crippen molar-refractivity contribution in [2.75, 3.05) is 0 Å². The minimum absolute atomic E-state index is 0.0674. The molecule has 0 radical (unpaired) electrons. The van der Waals surface area contributed by atoms with E-state index in [1.54, 1.807) is 0 Å². The molecular weight excluding hydrogens is 246 g/mol.